The van der Waals surface area contributed by atoms with E-state index in [-0.39, 0.29) is 5.11 Å². The van der Waals surface area contributed by atoms with Crippen molar-refractivity contribution in [1.82, 2.24) is 15.4 Å². The van der Waals surface area contributed by atoms with Crippen molar-refractivity contribution in [2.24, 2.45) is 10.8 Å². The number of hydrazone groups is 1. The molecule has 0 spiro atoms. The highest BCUT2D eigenvalue weighted by atomic mass is 32.1. The van der Waals surface area contributed by atoms with Gasteiger partial charge in [-0.1, -0.05) is 6.07 Å². The summed E-state index contributed by atoms with van der Waals surface area (Å²) in [6.45, 7) is 0. The number of aromatic nitrogens is 2. The van der Waals surface area contributed by atoms with E-state index in [0.29, 0.717) is 5.75 Å². The molecular formula is C13H13N5OS. The number of nitrogens with zero attached hydrogens (tertiary/aromatic N) is 3. The van der Waals surface area contributed by atoms with Gasteiger partial charge in [-0.05, 0) is 29.9 Å². The van der Waals surface area contributed by atoms with Crippen LogP contribution in [0.5, 0.6) is 5.75 Å². The van der Waals surface area contributed by atoms with Crippen molar-refractivity contribution in [3.63, 3.8) is 0 Å². The zero-order chi connectivity index (χ0) is 14.4. The monoisotopic (exact) mass is 287 g/mol. The molecule has 1 aromatic heterocycles. The summed E-state index contributed by atoms with van der Waals surface area (Å²) in [6, 6.07) is 5.70. The molecule has 0 amide bonds. The second kappa shape index (κ2) is 6.58. The van der Waals surface area contributed by atoms with E-state index in [1.807, 2.05) is 18.2 Å². The first-order valence-corrected chi connectivity index (χ1v) is 6.13. The van der Waals surface area contributed by atoms with Gasteiger partial charge < -0.3 is 10.5 Å². The molecule has 7 heteroatoms. The molecule has 102 valence electrons. The summed E-state index contributed by atoms with van der Waals surface area (Å²) in [7, 11) is 1.60. The molecule has 1 aromatic carbocycles. The molecule has 0 saturated carbocycles. The van der Waals surface area contributed by atoms with E-state index in [9.17, 15) is 0 Å². The minimum absolute atomic E-state index is 0.104. The summed E-state index contributed by atoms with van der Waals surface area (Å²) < 4.78 is 5.28. The maximum atomic E-state index is 5.31. The molecule has 0 aliphatic carbocycles. The van der Waals surface area contributed by atoms with Crippen LogP contribution in [-0.2, 0) is 0 Å². The first-order chi connectivity index (χ1) is 9.70. The Kier molecular flexibility index (Phi) is 4.56. The maximum absolute atomic E-state index is 5.31. The quantitative estimate of drug-likeness (QED) is 0.501. The van der Waals surface area contributed by atoms with Crippen LogP contribution >= 0.6 is 12.2 Å². The number of nitrogens with two attached hydrogens (primary N) is 1. The van der Waals surface area contributed by atoms with E-state index >= 15 is 0 Å². The predicted molar refractivity (Wildman–Crippen MR) is 81.5 cm³/mol. The summed E-state index contributed by atoms with van der Waals surface area (Å²) in [4.78, 5) is 7.99. The fourth-order valence-electron chi connectivity index (χ4n) is 1.63. The molecular weight excluding hydrogens is 274 g/mol. The lowest BCUT2D eigenvalue weighted by Gasteiger charge is -2.07. The molecule has 2 aromatic rings. The van der Waals surface area contributed by atoms with Gasteiger partial charge in [0.2, 0.25) is 0 Å². The molecule has 0 aliphatic heterocycles. The standard InChI is InChI=1S/C13H13N5OS/c1-19-12-3-2-9(11-5-15-8-16-6-11)4-10(12)7-17-18-13(14)20/h2-8H,1H3,(H3,14,18,20)/b17-7+. The molecule has 0 unspecified atom stereocenters. The summed E-state index contributed by atoms with van der Waals surface area (Å²) >= 11 is 4.68. The van der Waals surface area contributed by atoms with Gasteiger partial charge in [-0.25, -0.2) is 9.97 Å². The molecule has 0 atom stereocenters. The number of methoxy groups -OCH3 is 1. The SMILES string of the molecule is COc1ccc(-c2cncnc2)cc1/C=N/NC(N)=S. The second-order valence-corrected chi connectivity index (χ2v) is 4.26. The van der Waals surface area contributed by atoms with Gasteiger partial charge in [-0.15, -0.1) is 0 Å². The molecule has 0 fully saturated rings. The van der Waals surface area contributed by atoms with Crippen molar-refractivity contribution < 1.29 is 4.74 Å². The Labute approximate surface area is 121 Å². The normalized spacial score (nSPS) is 10.4. The first-order valence-electron chi connectivity index (χ1n) is 5.72. The maximum Gasteiger partial charge on any atom is 0.184 e. The van der Waals surface area contributed by atoms with E-state index in [0.717, 1.165) is 16.7 Å². The van der Waals surface area contributed by atoms with Crippen LogP contribution in [0.25, 0.3) is 11.1 Å². The van der Waals surface area contributed by atoms with Gasteiger partial charge in [0.1, 0.15) is 12.1 Å². The zero-order valence-electron chi connectivity index (χ0n) is 10.8. The van der Waals surface area contributed by atoms with E-state index in [1.165, 1.54) is 6.33 Å². The Morgan fingerprint density at radius 1 is 1.35 bits per heavy atom. The van der Waals surface area contributed by atoms with Crippen LogP contribution in [0.1, 0.15) is 5.56 Å². The third-order valence-electron chi connectivity index (χ3n) is 2.50. The highest BCUT2D eigenvalue weighted by Crippen LogP contribution is 2.24. The van der Waals surface area contributed by atoms with Gasteiger partial charge in [0.25, 0.3) is 0 Å². The van der Waals surface area contributed by atoms with Crippen LogP contribution in [0.15, 0.2) is 42.0 Å². The van der Waals surface area contributed by atoms with Crippen LogP contribution < -0.4 is 15.9 Å². The van der Waals surface area contributed by atoms with E-state index in [4.69, 9.17) is 10.5 Å². The second-order valence-electron chi connectivity index (χ2n) is 3.82. The van der Waals surface area contributed by atoms with E-state index < -0.39 is 0 Å². The predicted octanol–water partition coefficient (Wildman–Crippen LogP) is 1.32. The molecule has 0 bridgehead atoms. The van der Waals surface area contributed by atoms with Crippen LogP contribution in [-0.4, -0.2) is 28.4 Å². The number of hydrogen-bond donors (Lipinski definition) is 2. The number of benzene rings is 1. The highest BCUT2D eigenvalue weighted by molar-refractivity contribution is 7.80. The van der Waals surface area contributed by atoms with Crippen molar-refractivity contribution in [1.29, 1.82) is 0 Å². The summed E-state index contributed by atoms with van der Waals surface area (Å²) in [5.74, 6) is 0.694. The lowest BCUT2D eigenvalue weighted by Crippen LogP contribution is -2.24. The van der Waals surface area contributed by atoms with Crippen molar-refractivity contribution >= 4 is 23.5 Å². The number of ether oxygens (including phenoxy) is 1. The minimum atomic E-state index is 0.104. The van der Waals surface area contributed by atoms with Crippen LogP contribution in [0.4, 0.5) is 0 Å². The van der Waals surface area contributed by atoms with Gasteiger partial charge >= 0.3 is 0 Å². The van der Waals surface area contributed by atoms with Crippen LogP contribution in [0.3, 0.4) is 0 Å². The van der Waals surface area contributed by atoms with Gasteiger partial charge in [0, 0.05) is 23.5 Å². The molecule has 6 nitrogen and oxygen atoms in total. The Balaban J connectivity index is 2.34. The van der Waals surface area contributed by atoms with E-state index in [2.05, 4.69) is 32.7 Å². The average molecular weight is 287 g/mol. The van der Waals surface area contributed by atoms with Gasteiger partial charge in [0.15, 0.2) is 5.11 Å². The third-order valence-corrected chi connectivity index (χ3v) is 2.59. The number of nitrogens with one attached hydrogen (secondary N) is 1. The molecule has 1 heterocycles. The molecule has 20 heavy (non-hydrogen) atoms. The van der Waals surface area contributed by atoms with E-state index in [1.54, 1.807) is 25.7 Å². The molecule has 2 rings (SSSR count). The smallest absolute Gasteiger partial charge is 0.184 e. The van der Waals surface area contributed by atoms with Gasteiger partial charge in [0.05, 0.1) is 13.3 Å². The fourth-order valence-corrected chi connectivity index (χ4v) is 1.68. The summed E-state index contributed by atoms with van der Waals surface area (Å²) in [6.07, 6.45) is 6.55. The number of thiocarbonyl (C=S) groups is 1. The first kappa shape index (κ1) is 13.9. The fraction of sp³-hybridized carbons (Fsp3) is 0.0769. The van der Waals surface area contributed by atoms with Crippen molar-refractivity contribution in [3.05, 3.63) is 42.5 Å². The number of rotatable bonds is 4. The lowest BCUT2D eigenvalue weighted by atomic mass is 10.1. The van der Waals surface area contributed by atoms with Gasteiger partial charge in [-0.3, -0.25) is 5.43 Å². The Hall–Kier alpha value is -2.54. The molecule has 0 aliphatic rings. The van der Waals surface area contributed by atoms with Gasteiger partial charge in [-0.2, -0.15) is 5.10 Å². The Morgan fingerprint density at radius 2 is 2.10 bits per heavy atom. The van der Waals surface area contributed by atoms with Crippen molar-refractivity contribution in [2.75, 3.05) is 7.11 Å². The summed E-state index contributed by atoms with van der Waals surface area (Å²) in [5.41, 5.74) is 10.5. The lowest BCUT2D eigenvalue weighted by molar-refractivity contribution is 0.414. The Morgan fingerprint density at radius 3 is 2.75 bits per heavy atom. The zero-order valence-corrected chi connectivity index (χ0v) is 11.6. The summed E-state index contributed by atoms with van der Waals surface area (Å²) in [5, 5.41) is 4.04. The Bertz CT molecular complexity index is 630. The van der Waals surface area contributed by atoms with Crippen LogP contribution in [0, 0.1) is 0 Å². The largest absolute Gasteiger partial charge is 0.496 e. The average Bonchev–Trinajstić information content (AvgIpc) is 2.47. The molecule has 3 N–H and O–H groups in total. The van der Waals surface area contributed by atoms with Crippen molar-refractivity contribution in [3.8, 4) is 16.9 Å². The van der Waals surface area contributed by atoms with Crippen molar-refractivity contribution in [2.45, 2.75) is 0 Å². The third kappa shape index (κ3) is 3.48. The molecule has 0 radical (unpaired) electrons. The number of hydrogen-bond acceptors (Lipinski definition) is 5. The highest BCUT2D eigenvalue weighted by Gasteiger charge is 2.04. The minimum Gasteiger partial charge on any atom is -0.496 e. The van der Waals surface area contributed by atoms with Crippen LogP contribution in [0.2, 0.25) is 0 Å². The topological polar surface area (TPSA) is 85.4 Å². The molecule has 0 saturated heterocycles.